The van der Waals surface area contributed by atoms with Crippen LogP contribution in [0.15, 0.2) is 54.6 Å². The van der Waals surface area contributed by atoms with Gasteiger partial charge in [-0.15, -0.1) is 0 Å². The summed E-state index contributed by atoms with van der Waals surface area (Å²) < 4.78 is 6.07. The Morgan fingerprint density at radius 2 is 1.79 bits per heavy atom. The third-order valence-corrected chi connectivity index (χ3v) is 5.54. The van der Waals surface area contributed by atoms with Gasteiger partial charge in [0, 0.05) is 31.0 Å². The number of urea groups is 1. The molecule has 2 saturated heterocycles. The number of hydrogen-bond acceptors (Lipinski definition) is 3. The Balaban J connectivity index is 1.43. The minimum atomic E-state index is -0.0876. The molecule has 0 spiro atoms. The van der Waals surface area contributed by atoms with Crippen molar-refractivity contribution in [2.75, 3.05) is 36.4 Å². The molecule has 0 saturated carbocycles. The predicted molar refractivity (Wildman–Crippen MR) is 113 cm³/mol. The number of amides is 2. The summed E-state index contributed by atoms with van der Waals surface area (Å²) in [5.41, 5.74) is 3.15. The van der Waals surface area contributed by atoms with Crippen LogP contribution < -0.4 is 10.2 Å². The standard InChI is InChI=1S/C23H29N3O2/c1-18-16-26(17-22(28-18)19-9-4-2-5-10-19)23(27)24-20-11-8-12-21(15-20)25-13-6-3-7-14-25/h2,4-5,8-12,15,18,22H,3,6-7,13-14,16-17H2,1H3,(H,24,27). The molecular formula is C23H29N3O2. The number of nitrogens with one attached hydrogen (secondary N) is 1. The Kier molecular flexibility index (Phi) is 5.81. The van der Waals surface area contributed by atoms with Gasteiger partial charge in [0.2, 0.25) is 0 Å². The van der Waals surface area contributed by atoms with Crippen molar-refractivity contribution >= 4 is 17.4 Å². The van der Waals surface area contributed by atoms with Crippen molar-refractivity contribution < 1.29 is 9.53 Å². The van der Waals surface area contributed by atoms with Crippen molar-refractivity contribution in [3.63, 3.8) is 0 Å². The maximum atomic E-state index is 12.9. The first-order valence-electron chi connectivity index (χ1n) is 10.3. The van der Waals surface area contributed by atoms with Crippen LogP contribution in [-0.2, 0) is 4.74 Å². The number of carbonyl (C=O) groups excluding carboxylic acids is 1. The lowest BCUT2D eigenvalue weighted by Crippen LogP contribution is -2.47. The fourth-order valence-corrected chi connectivity index (χ4v) is 4.10. The highest BCUT2D eigenvalue weighted by Crippen LogP contribution is 2.27. The molecule has 0 bridgehead atoms. The van der Waals surface area contributed by atoms with Crippen molar-refractivity contribution in [1.82, 2.24) is 4.90 Å². The van der Waals surface area contributed by atoms with E-state index in [4.69, 9.17) is 4.74 Å². The first kappa shape index (κ1) is 18.8. The number of nitrogens with zero attached hydrogens (tertiary/aromatic N) is 2. The van der Waals surface area contributed by atoms with Crippen LogP contribution in [0.5, 0.6) is 0 Å². The van der Waals surface area contributed by atoms with Gasteiger partial charge in [0.25, 0.3) is 0 Å². The van der Waals surface area contributed by atoms with Crippen LogP contribution in [0.1, 0.15) is 37.9 Å². The summed E-state index contributed by atoms with van der Waals surface area (Å²) in [5, 5.41) is 3.09. The Bertz CT molecular complexity index is 789. The van der Waals surface area contributed by atoms with E-state index in [0.29, 0.717) is 13.1 Å². The molecule has 5 heteroatoms. The van der Waals surface area contributed by atoms with Crippen LogP contribution in [0, 0.1) is 0 Å². The van der Waals surface area contributed by atoms with Crippen LogP contribution in [0.25, 0.3) is 0 Å². The number of carbonyl (C=O) groups is 1. The molecule has 148 valence electrons. The van der Waals surface area contributed by atoms with Gasteiger partial charge in [-0.2, -0.15) is 0 Å². The molecule has 2 aliphatic heterocycles. The summed E-state index contributed by atoms with van der Waals surface area (Å²) in [6.07, 6.45) is 3.71. The lowest BCUT2D eigenvalue weighted by atomic mass is 10.1. The average molecular weight is 380 g/mol. The number of hydrogen-bond donors (Lipinski definition) is 1. The van der Waals surface area contributed by atoms with E-state index in [0.717, 1.165) is 24.3 Å². The summed E-state index contributed by atoms with van der Waals surface area (Å²) in [6, 6.07) is 18.3. The van der Waals surface area contributed by atoms with E-state index in [1.54, 1.807) is 0 Å². The van der Waals surface area contributed by atoms with E-state index < -0.39 is 0 Å². The van der Waals surface area contributed by atoms with Crippen LogP contribution in [0.4, 0.5) is 16.2 Å². The molecular weight excluding hydrogens is 350 g/mol. The summed E-state index contributed by atoms with van der Waals surface area (Å²) >= 11 is 0. The average Bonchev–Trinajstić information content (AvgIpc) is 2.75. The monoisotopic (exact) mass is 379 g/mol. The second-order valence-corrected chi connectivity index (χ2v) is 7.78. The number of piperidine rings is 1. The SMILES string of the molecule is CC1CN(C(=O)Nc2cccc(N3CCCCC3)c2)CC(c2ccccc2)O1. The number of benzene rings is 2. The van der Waals surface area contributed by atoms with Gasteiger partial charge in [-0.1, -0.05) is 36.4 Å². The number of morpholine rings is 1. The van der Waals surface area contributed by atoms with Crippen molar-refractivity contribution in [3.05, 3.63) is 60.2 Å². The van der Waals surface area contributed by atoms with Gasteiger partial charge in [0.05, 0.1) is 12.6 Å². The van der Waals surface area contributed by atoms with E-state index in [-0.39, 0.29) is 18.2 Å². The van der Waals surface area contributed by atoms with Crippen LogP contribution >= 0.6 is 0 Å². The van der Waals surface area contributed by atoms with E-state index in [1.165, 1.54) is 24.9 Å². The van der Waals surface area contributed by atoms with E-state index in [9.17, 15) is 4.79 Å². The van der Waals surface area contributed by atoms with Crippen molar-refractivity contribution in [3.8, 4) is 0 Å². The zero-order chi connectivity index (χ0) is 19.3. The van der Waals surface area contributed by atoms with Gasteiger partial charge in [0.15, 0.2) is 0 Å². The Hall–Kier alpha value is -2.53. The zero-order valence-corrected chi connectivity index (χ0v) is 16.5. The smallest absolute Gasteiger partial charge is 0.322 e. The lowest BCUT2D eigenvalue weighted by molar-refractivity contribution is -0.0642. The third-order valence-electron chi connectivity index (χ3n) is 5.54. The summed E-state index contributed by atoms with van der Waals surface area (Å²) in [4.78, 5) is 17.2. The van der Waals surface area contributed by atoms with Gasteiger partial charge in [-0.25, -0.2) is 4.79 Å². The first-order chi connectivity index (χ1) is 13.7. The summed E-state index contributed by atoms with van der Waals surface area (Å²) in [5.74, 6) is 0. The second-order valence-electron chi connectivity index (χ2n) is 7.78. The predicted octanol–water partition coefficient (Wildman–Crippen LogP) is 4.67. The third kappa shape index (κ3) is 4.47. The van der Waals surface area contributed by atoms with Gasteiger partial charge in [-0.3, -0.25) is 0 Å². The Morgan fingerprint density at radius 3 is 2.57 bits per heavy atom. The van der Waals surface area contributed by atoms with E-state index in [1.807, 2.05) is 42.2 Å². The largest absolute Gasteiger partial charge is 0.371 e. The molecule has 0 radical (unpaired) electrons. The number of anilines is 2. The summed E-state index contributed by atoms with van der Waals surface area (Å²) in [6.45, 7) is 5.37. The first-order valence-corrected chi connectivity index (χ1v) is 10.3. The Labute approximate surface area is 167 Å². The fourth-order valence-electron chi connectivity index (χ4n) is 4.10. The molecule has 2 fully saturated rings. The van der Waals surface area contributed by atoms with E-state index in [2.05, 4.69) is 34.5 Å². The van der Waals surface area contributed by atoms with Crippen LogP contribution in [0.3, 0.4) is 0 Å². The molecule has 2 amide bonds. The molecule has 2 heterocycles. The maximum absolute atomic E-state index is 12.9. The normalized spacial score (nSPS) is 22.8. The second kappa shape index (κ2) is 8.65. The maximum Gasteiger partial charge on any atom is 0.322 e. The van der Waals surface area contributed by atoms with Crippen molar-refractivity contribution in [1.29, 1.82) is 0 Å². The van der Waals surface area contributed by atoms with Crippen LogP contribution in [0.2, 0.25) is 0 Å². The molecule has 28 heavy (non-hydrogen) atoms. The van der Waals surface area contributed by atoms with E-state index >= 15 is 0 Å². The van der Waals surface area contributed by atoms with Crippen molar-refractivity contribution in [2.45, 2.75) is 38.4 Å². The number of ether oxygens (including phenoxy) is 1. The van der Waals surface area contributed by atoms with Gasteiger partial charge in [-0.05, 0) is 49.9 Å². The molecule has 2 atom stereocenters. The molecule has 2 aromatic rings. The Morgan fingerprint density at radius 1 is 1.00 bits per heavy atom. The quantitative estimate of drug-likeness (QED) is 0.843. The molecule has 1 N–H and O–H groups in total. The molecule has 0 aliphatic carbocycles. The minimum Gasteiger partial charge on any atom is -0.371 e. The summed E-state index contributed by atoms with van der Waals surface area (Å²) in [7, 11) is 0. The van der Waals surface area contributed by atoms with Gasteiger partial charge >= 0.3 is 6.03 Å². The molecule has 2 aliphatic rings. The molecule has 2 unspecified atom stereocenters. The molecule has 0 aromatic heterocycles. The molecule has 4 rings (SSSR count). The lowest BCUT2D eigenvalue weighted by Gasteiger charge is -2.37. The molecule has 2 aromatic carbocycles. The fraction of sp³-hybridized carbons (Fsp3) is 0.435. The van der Waals surface area contributed by atoms with Crippen LogP contribution in [-0.4, -0.2) is 43.2 Å². The highest BCUT2D eigenvalue weighted by Gasteiger charge is 2.29. The minimum absolute atomic E-state index is 0.00407. The zero-order valence-electron chi connectivity index (χ0n) is 16.5. The highest BCUT2D eigenvalue weighted by atomic mass is 16.5. The molecule has 5 nitrogen and oxygen atoms in total. The van der Waals surface area contributed by atoms with Gasteiger partial charge < -0.3 is 19.9 Å². The highest BCUT2D eigenvalue weighted by molar-refractivity contribution is 5.90. The topological polar surface area (TPSA) is 44.8 Å². The van der Waals surface area contributed by atoms with Gasteiger partial charge in [0.1, 0.15) is 6.10 Å². The number of rotatable bonds is 3. The van der Waals surface area contributed by atoms with Crippen molar-refractivity contribution in [2.24, 2.45) is 0 Å².